The van der Waals surface area contributed by atoms with Crippen molar-refractivity contribution in [2.75, 3.05) is 0 Å². The molecule has 1 atom stereocenters. The first-order chi connectivity index (χ1) is 7.52. The van der Waals surface area contributed by atoms with Gasteiger partial charge in [-0.15, -0.1) is 0 Å². The van der Waals surface area contributed by atoms with E-state index in [0.717, 1.165) is 30.9 Å². The lowest BCUT2D eigenvalue weighted by Gasteiger charge is -1.99. The molecule has 3 heteroatoms. The third kappa shape index (κ3) is 10.7. The van der Waals surface area contributed by atoms with E-state index in [1.54, 1.807) is 13.0 Å². The molecule has 0 rings (SSSR count). The first kappa shape index (κ1) is 14.6. The zero-order valence-corrected chi connectivity index (χ0v) is 9.89. The van der Waals surface area contributed by atoms with Crippen molar-refractivity contribution in [2.45, 2.75) is 39.2 Å². The summed E-state index contributed by atoms with van der Waals surface area (Å²) in [5.41, 5.74) is 0.897. The number of aliphatic hydroxyl groups is 1. The largest absolute Gasteiger partial charge is 0.478 e. The monoisotopic (exact) mass is 224 g/mol. The zero-order chi connectivity index (χ0) is 12.4. The van der Waals surface area contributed by atoms with Crippen LogP contribution in [0.15, 0.2) is 36.0 Å². The highest BCUT2D eigenvalue weighted by Gasteiger charge is 1.92. The minimum Gasteiger partial charge on any atom is -0.478 e. The molecule has 0 fully saturated rings. The van der Waals surface area contributed by atoms with Crippen LogP contribution in [-0.2, 0) is 4.79 Å². The van der Waals surface area contributed by atoms with E-state index < -0.39 is 5.97 Å². The number of unbranched alkanes of at least 4 members (excludes halogenated alkanes) is 1. The Labute approximate surface area is 96.8 Å². The summed E-state index contributed by atoms with van der Waals surface area (Å²) >= 11 is 0. The fraction of sp³-hybridized carbons (Fsp3) is 0.462. The van der Waals surface area contributed by atoms with Gasteiger partial charge in [-0.2, -0.15) is 0 Å². The van der Waals surface area contributed by atoms with Gasteiger partial charge in [0.25, 0.3) is 0 Å². The second-order valence-electron chi connectivity index (χ2n) is 3.79. The van der Waals surface area contributed by atoms with Crippen molar-refractivity contribution in [2.24, 2.45) is 0 Å². The molecule has 0 aromatic rings. The Morgan fingerprint density at radius 1 is 1.38 bits per heavy atom. The third-order valence-corrected chi connectivity index (χ3v) is 1.98. The molecule has 0 aliphatic heterocycles. The van der Waals surface area contributed by atoms with Gasteiger partial charge < -0.3 is 10.2 Å². The minimum atomic E-state index is -0.936. The number of aliphatic carboxylic acids is 1. The number of rotatable bonds is 7. The van der Waals surface area contributed by atoms with E-state index in [9.17, 15) is 4.79 Å². The van der Waals surface area contributed by atoms with E-state index in [4.69, 9.17) is 10.2 Å². The maximum atomic E-state index is 10.2. The van der Waals surface area contributed by atoms with Crippen LogP contribution in [0.5, 0.6) is 0 Å². The quantitative estimate of drug-likeness (QED) is 0.397. The van der Waals surface area contributed by atoms with Crippen LogP contribution in [0.3, 0.4) is 0 Å². The van der Waals surface area contributed by atoms with Gasteiger partial charge >= 0.3 is 5.97 Å². The van der Waals surface area contributed by atoms with Crippen LogP contribution >= 0.6 is 0 Å². The van der Waals surface area contributed by atoms with E-state index in [1.807, 2.05) is 25.2 Å². The van der Waals surface area contributed by atoms with Crippen LogP contribution in [0.1, 0.15) is 33.1 Å². The standard InChI is InChI=1S/C13H20O3/c1-11(9-10-13(15)16)7-5-3-4-6-8-12(2)14/h3,5,7,9-10,12,14H,4,6,8H2,1-2H3,(H,15,16)/b5-3+,10-9+,11-7+. The molecule has 0 saturated heterocycles. The number of carboxylic acid groups (broad SMARTS) is 1. The molecular weight excluding hydrogens is 204 g/mol. The second kappa shape index (κ2) is 8.92. The average Bonchev–Trinajstić information content (AvgIpc) is 2.19. The lowest BCUT2D eigenvalue weighted by atomic mass is 10.1. The molecular formula is C13H20O3. The van der Waals surface area contributed by atoms with Crippen LogP contribution in [0.2, 0.25) is 0 Å². The van der Waals surface area contributed by atoms with E-state index >= 15 is 0 Å². The summed E-state index contributed by atoms with van der Waals surface area (Å²) in [7, 11) is 0. The molecule has 0 aromatic heterocycles. The van der Waals surface area contributed by atoms with Crippen molar-refractivity contribution in [3.8, 4) is 0 Å². The number of aliphatic hydroxyl groups excluding tert-OH is 1. The van der Waals surface area contributed by atoms with Gasteiger partial charge in [0.05, 0.1) is 6.10 Å². The van der Waals surface area contributed by atoms with Crippen molar-refractivity contribution in [3.63, 3.8) is 0 Å². The third-order valence-electron chi connectivity index (χ3n) is 1.98. The van der Waals surface area contributed by atoms with Gasteiger partial charge in [0.1, 0.15) is 0 Å². The van der Waals surface area contributed by atoms with Crippen molar-refractivity contribution in [1.82, 2.24) is 0 Å². The Morgan fingerprint density at radius 2 is 2.06 bits per heavy atom. The number of hydrogen-bond acceptors (Lipinski definition) is 2. The lowest BCUT2D eigenvalue weighted by Crippen LogP contribution is -1.97. The Morgan fingerprint density at radius 3 is 2.62 bits per heavy atom. The zero-order valence-electron chi connectivity index (χ0n) is 9.89. The van der Waals surface area contributed by atoms with E-state index in [-0.39, 0.29) is 6.10 Å². The highest BCUT2D eigenvalue weighted by Crippen LogP contribution is 2.02. The maximum absolute atomic E-state index is 10.2. The SMILES string of the molecule is CC(/C=C/C(=O)O)=C\C=C\CCCC(C)O. The first-order valence-electron chi connectivity index (χ1n) is 5.45. The molecule has 0 amide bonds. The van der Waals surface area contributed by atoms with Crippen LogP contribution in [-0.4, -0.2) is 22.3 Å². The summed E-state index contributed by atoms with van der Waals surface area (Å²) < 4.78 is 0. The lowest BCUT2D eigenvalue weighted by molar-refractivity contribution is -0.131. The van der Waals surface area contributed by atoms with Crippen LogP contribution in [0.4, 0.5) is 0 Å². The summed E-state index contributed by atoms with van der Waals surface area (Å²) in [6.45, 7) is 3.63. The fourth-order valence-electron chi connectivity index (χ4n) is 1.11. The topological polar surface area (TPSA) is 57.5 Å². The van der Waals surface area contributed by atoms with Gasteiger partial charge in [-0.3, -0.25) is 0 Å². The highest BCUT2D eigenvalue weighted by molar-refractivity contribution is 5.80. The number of carboxylic acids is 1. The van der Waals surface area contributed by atoms with Gasteiger partial charge in [-0.05, 0) is 33.1 Å². The van der Waals surface area contributed by atoms with Crippen molar-refractivity contribution < 1.29 is 15.0 Å². The predicted molar refractivity (Wildman–Crippen MR) is 65.2 cm³/mol. The Kier molecular flexibility index (Phi) is 8.17. The summed E-state index contributed by atoms with van der Waals surface area (Å²) in [6, 6.07) is 0. The molecule has 0 aliphatic rings. The molecule has 0 radical (unpaired) electrons. The van der Waals surface area contributed by atoms with Gasteiger partial charge in [0, 0.05) is 6.08 Å². The number of carbonyl (C=O) groups is 1. The van der Waals surface area contributed by atoms with Crippen molar-refractivity contribution >= 4 is 5.97 Å². The van der Waals surface area contributed by atoms with Gasteiger partial charge in [-0.1, -0.05) is 29.9 Å². The van der Waals surface area contributed by atoms with Crippen LogP contribution < -0.4 is 0 Å². The fourth-order valence-corrected chi connectivity index (χ4v) is 1.11. The number of hydrogen-bond donors (Lipinski definition) is 2. The highest BCUT2D eigenvalue weighted by atomic mass is 16.4. The molecule has 90 valence electrons. The summed E-state index contributed by atoms with van der Waals surface area (Å²) in [4.78, 5) is 10.2. The Hall–Kier alpha value is -1.35. The second-order valence-corrected chi connectivity index (χ2v) is 3.79. The van der Waals surface area contributed by atoms with E-state index in [0.29, 0.717) is 0 Å². The van der Waals surface area contributed by atoms with Crippen molar-refractivity contribution in [3.05, 3.63) is 36.0 Å². The molecule has 16 heavy (non-hydrogen) atoms. The Balaban J connectivity index is 3.80. The molecule has 0 spiro atoms. The molecule has 3 nitrogen and oxygen atoms in total. The molecule has 0 aromatic carbocycles. The van der Waals surface area contributed by atoms with E-state index in [2.05, 4.69) is 0 Å². The number of allylic oxidation sites excluding steroid dienone is 5. The molecule has 0 bridgehead atoms. The molecule has 0 aliphatic carbocycles. The van der Waals surface area contributed by atoms with Gasteiger partial charge in [0.2, 0.25) is 0 Å². The van der Waals surface area contributed by atoms with Gasteiger partial charge in [-0.25, -0.2) is 4.79 Å². The minimum absolute atomic E-state index is 0.232. The normalized spacial score (nSPS) is 14.8. The van der Waals surface area contributed by atoms with Crippen LogP contribution in [0, 0.1) is 0 Å². The molecule has 2 N–H and O–H groups in total. The predicted octanol–water partition coefficient (Wildman–Crippen LogP) is 2.68. The summed E-state index contributed by atoms with van der Waals surface area (Å²) in [5.74, 6) is -0.936. The maximum Gasteiger partial charge on any atom is 0.328 e. The van der Waals surface area contributed by atoms with E-state index in [1.165, 1.54) is 0 Å². The summed E-state index contributed by atoms with van der Waals surface area (Å²) in [6.07, 6.45) is 10.9. The molecule has 0 saturated carbocycles. The molecule has 0 heterocycles. The summed E-state index contributed by atoms with van der Waals surface area (Å²) in [5, 5.41) is 17.4. The van der Waals surface area contributed by atoms with Crippen LogP contribution in [0.25, 0.3) is 0 Å². The smallest absolute Gasteiger partial charge is 0.328 e. The first-order valence-corrected chi connectivity index (χ1v) is 5.45. The molecule has 1 unspecified atom stereocenters. The average molecular weight is 224 g/mol. The Bertz CT molecular complexity index is 286. The van der Waals surface area contributed by atoms with Crippen molar-refractivity contribution in [1.29, 1.82) is 0 Å². The van der Waals surface area contributed by atoms with Gasteiger partial charge in [0.15, 0.2) is 0 Å².